The Bertz CT molecular complexity index is 1350. The van der Waals surface area contributed by atoms with Gasteiger partial charge in [0.15, 0.2) is 0 Å². The number of aliphatic imine (C=N–C) groups is 1. The molecule has 1 aromatic heterocycles. The van der Waals surface area contributed by atoms with E-state index >= 15 is 0 Å². The van der Waals surface area contributed by atoms with E-state index in [9.17, 15) is 12.8 Å². The minimum Gasteiger partial charge on any atom is -0.459 e. The predicted octanol–water partition coefficient (Wildman–Crippen LogP) is 6.21. The van der Waals surface area contributed by atoms with Gasteiger partial charge in [0.1, 0.15) is 17.3 Å². The van der Waals surface area contributed by atoms with Gasteiger partial charge in [-0.05, 0) is 54.1 Å². The quantitative estimate of drug-likeness (QED) is 0.280. The highest BCUT2D eigenvalue weighted by Gasteiger charge is 2.26. The third-order valence-electron chi connectivity index (χ3n) is 4.85. The van der Waals surface area contributed by atoms with Crippen molar-refractivity contribution in [2.75, 3.05) is 0 Å². The van der Waals surface area contributed by atoms with Gasteiger partial charge in [-0.3, -0.25) is 0 Å². The molecule has 8 heteroatoms. The second-order valence-electron chi connectivity index (χ2n) is 7.23. The second kappa shape index (κ2) is 10.1. The fraction of sp³-hybridized carbons (Fsp3) is 0.0800. The van der Waals surface area contributed by atoms with E-state index in [2.05, 4.69) is 4.99 Å². The molecule has 0 saturated carbocycles. The Kier molecular flexibility index (Phi) is 7.03. The molecule has 0 saturated heterocycles. The summed E-state index contributed by atoms with van der Waals surface area (Å²) in [5.74, 6) is 0.374. The molecular weight excluding hydrogens is 463 g/mol. The molecule has 0 radical (unpaired) electrons. The Morgan fingerprint density at radius 2 is 1.58 bits per heavy atom. The number of para-hydroxylation sites is 1. The molecule has 3 aromatic carbocycles. The third-order valence-corrected chi connectivity index (χ3v) is 6.91. The van der Waals surface area contributed by atoms with E-state index in [-0.39, 0.29) is 23.7 Å². The van der Waals surface area contributed by atoms with Crippen molar-refractivity contribution in [1.82, 2.24) is 4.31 Å². The minimum absolute atomic E-state index is 0.00733. The van der Waals surface area contributed by atoms with Crippen LogP contribution in [0.15, 0.2) is 105 Å². The molecule has 5 nitrogen and oxygen atoms in total. The molecule has 4 rings (SSSR count). The molecule has 0 aliphatic rings. The molecule has 33 heavy (non-hydrogen) atoms. The van der Waals surface area contributed by atoms with Crippen LogP contribution in [0, 0.1) is 5.82 Å². The number of hydrogen-bond acceptors (Lipinski definition) is 4. The zero-order valence-corrected chi connectivity index (χ0v) is 19.0. The zero-order valence-electron chi connectivity index (χ0n) is 17.4. The largest absolute Gasteiger partial charge is 0.459 e. The first-order valence-electron chi connectivity index (χ1n) is 10.1. The van der Waals surface area contributed by atoms with Crippen molar-refractivity contribution >= 4 is 33.5 Å². The van der Waals surface area contributed by atoms with Crippen LogP contribution >= 0.6 is 11.6 Å². The summed E-state index contributed by atoms with van der Waals surface area (Å²) in [6.07, 6.45) is 1.40. The predicted molar refractivity (Wildman–Crippen MR) is 127 cm³/mol. The molecule has 0 aliphatic heterocycles. The molecular formula is C25H20ClFN2O3S. The lowest BCUT2D eigenvalue weighted by molar-refractivity contribution is 0.357. The highest BCUT2D eigenvalue weighted by atomic mass is 35.5. The van der Waals surface area contributed by atoms with Crippen LogP contribution in [0.5, 0.6) is 0 Å². The smallest absolute Gasteiger partial charge is 0.243 e. The molecule has 0 N–H and O–H groups in total. The van der Waals surface area contributed by atoms with Crippen LogP contribution in [-0.4, -0.2) is 18.9 Å². The number of benzene rings is 3. The Labute approximate surface area is 196 Å². The van der Waals surface area contributed by atoms with Gasteiger partial charge in [0.2, 0.25) is 10.0 Å². The van der Waals surface area contributed by atoms with Crippen LogP contribution in [-0.2, 0) is 23.1 Å². The molecule has 0 bridgehead atoms. The van der Waals surface area contributed by atoms with Crippen molar-refractivity contribution in [3.8, 4) is 0 Å². The first-order chi connectivity index (χ1) is 15.9. The van der Waals surface area contributed by atoms with Gasteiger partial charge in [0, 0.05) is 11.6 Å². The van der Waals surface area contributed by atoms with E-state index in [1.54, 1.807) is 84.9 Å². The van der Waals surface area contributed by atoms with Gasteiger partial charge in [-0.15, -0.1) is 0 Å². The first kappa shape index (κ1) is 22.9. The van der Waals surface area contributed by atoms with Crippen LogP contribution in [0.25, 0.3) is 0 Å². The number of sulfonamides is 1. The summed E-state index contributed by atoms with van der Waals surface area (Å²) in [7, 11) is -3.80. The lowest BCUT2D eigenvalue weighted by atomic mass is 10.2. The molecule has 0 aliphatic carbocycles. The Balaban J connectivity index is 1.59. The number of furan rings is 1. The molecule has 4 aromatic rings. The standard InChI is InChI=1S/C25H20ClFN2O3S/c26-20-12-10-19(11-13-20)17-29(33(30,31)23-6-2-1-3-7-23)18-22-15-14-21(32-22)16-28-25-9-5-4-8-24(25)27/h1-16H,17-18H2. The average molecular weight is 483 g/mol. The second-order valence-corrected chi connectivity index (χ2v) is 9.60. The van der Waals surface area contributed by atoms with E-state index in [1.165, 1.54) is 16.6 Å². The molecule has 0 spiro atoms. The summed E-state index contributed by atoms with van der Waals surface area (Å²) in [5, 5.41) is 0.570. The summed E-state index contributed by atoms with van der Waals surface area (Å²) in [5.41, 5.74) is 0.971. The maximum absolute atomic E-state index is 13.8. The summed E-state index contributed by atoms with van der Waals surface area (Å²) in [4.78, 5) is 4.29. The number of nitrogens with zero attached hydrogens (tertiary/aromatic N) is 2. The summed E-state index contributed by atoms with van der Waals surface area (Å²) in [6, 6.07) is 24.7. The summed E-state index contributed by atoms with van der Waals surface area (Å²) in [6.45, 7) is 0.140. The van der Waals surface area contributed by atoms with Gasteiger partial charge >= 0.3 is 0 Å². The topological polar surface area (TPSA) is 62.9 Å². The number of rotatable bonds is 8. The average Bonchev–Trinajstić information content (AvgIpc) is 3.27. The van der Waals surface area contributed by atoms with E-state index < -0.39 is 15.8 Å². The maximum Gasteiger partial charge on any atom is 0.243 e. The lowest BCUT2D eigenvalue weighted by Crippen LogP contribution is -2.30. The van der Waals surface area contributed by atoms with Gasteiger partial charge in [-0.2, -0.15) is 4.31 Å². The molecule has 168 valence electrons. The first-order valence-corrected chi connectivity index (χ1v) is 11.9. The Morgan fingerprint density at radius 1 is 0.879 bits per heavy atom. The van der Waals surface area contributed by atoms with Crippen molar-refractivity contribution in [3.63, 3.8) is 0 Å². The van der Waals surface area contributed by atoms with E-state index in [4.69, 9.17) is 16.0 Å². The zero-order chi connectivity index (χ0) is 23.3. The van der Waals surface area contributed by atoms with E-state index in [1.807, 2.05) is 0 Å². The van der Waals surface area contributed by atoms with E-state index in [0.717, 1.165) is 5.56 Å². The minimum atomic E-state index is -3.80. The van der Waals surface area contributed by atoms with Gasteiger partial charge in [0.05, 0.1) is 23.3 Å². The molecule has 0 atom stereocenters. The fourth-order valence-electron chi connectivity index (χ4n) is 3.17. The van der Waals surface area contributed by atoms with Gasteiger partial charge in [-0.1, -0.05) is 54.1 Å². The van der Waals surface area contributed by atoms with Gasteiger partial charge < -0.3 is 4.42 Å². The van der Waals surface area contributed by atoms with Crippen LogP contribution in [0.2, 0.25) is 5.02 Å². The SMILES string of the molecule is O=S(=O)(c1ccccc1)N(Cc1ccc(Cl)cc1)Cc1ccc(C=Nc2ccccc2F)o1. The van der Waals surface area contributed by atoms with Crippen molar-refractivity contribution in [3.05, 3.63) is 119 Å². The Hall–Kier alpha value is -3.26. The van der Waals surface area contributed by atoms with Crippen molar-refractivity contribution < 1.29 is 17.2 Å². The van der Waals surface area contributed by atoms with Crippen LogP contribution in [0.4, 0.5) is 10.1 Å². The van der Waals surface area contributed by atoms with Crippen molar-refractivity contribution in [2.45, 2.75) is 18.0 Å². The molecule has 0 fully saturated rings. The molecule has 0 unspecified atom stereocenters. The number of hydrogen-bond donors (Lipinski definition) is 0. The molecule has 0 amide bonds. The summed E-state index contributed by atoms with van der Waals surface area (Å²) >= 11 is 5.97. The summed E-state index contributed by atoms with van der Waals surface area (Å²) < 4.78 is 47.6. The van der Waals surface area contributed by atoms with E-state index in [0.29, 0.717) is 16.5 Å². The number of halogens is 2. The van der Waals surface area contributed by atoms with Gasteiger partial charge in [0.25, 0.3) is 0 Å². The maximum atomic E-state index is 13.8. The lowest BCUT2D eigenvalue weighted by Gasteiger charge is -2.21. The van der Waals surface area contributed by atoms with Gasteiger partial charge in [-0.25, -0.2) is 17.8 Å². The highest BCUT2D eigenvalue weighted by molar-refractivity contribution is 7.89. The molecule has 1 heterocycles. The van der Waals surface area contributed by atoms with Crippen LogP contribution in [0.1, 0.15) is 17.1 Å². The highest BCUT2D eigenvalue weighted by Crippen LogP contribution is 2.23. The fourth-order valence-corrected chi connectivity index (χ4v) is 4.71. The van der Waals surface area contributed by atoms with Crippen molar-refractivity contribution in [2.24, 2.45) is 4.99 Å². The Morgan fingerprint density at radius 3 is 2.30 bits per heavy atom. The van der Waals surface area contributed by atoms with Crippen LogP contribution in [0.3, 0.4) is 0 Å². The normalized spacial score (nSPS) is 12.0. The van der Waals surface area contributed by atoms with Crippen LogP contribution < -0.4 is 0 Å². The van der Waals surface area contributed by atoms with Crippen molar-refractivity contribution in [1.29, 1.82) is 0 Å². The monoisotopic (exact) mass is 482 g/mol. The third kappa shape index (κ3) is 5.76.